The predicted octanol–water partition coefficient (Wildman–Crippen LogP) is 3.72. The van der Waals surface area contributed by atoms with Crippen molar-refractivity contribution < 1.29 is 23.5 Å². The summed E-state index contributed by atoms with van der Waals surface area (Å²) >= 11 is 5.22. The zero-order valence-corrected chi connectivity index (χ0v) is 21.0. The molecule has 0 spiro atoms. The molecule has 0 fully saturated rings. The highest BCUT2D eigenvalue weighted by atomic mass is 32.1. The molecule has 37 heavy (non-hydrogen) atoms. The summed E-state index contributed by atoms with van der Waals surface area (Å²) in [5.74, 6) is -0.463. The van der Waals surface area contributed by atoms with E-state index in [4.69, 9.17) is 21.7 Å². The third-order valence-electron chi connectivity index (χ3n) is 5.63. The van der Waals surface area contributed by atoms with Gasteiger partial charge < -0.3 is 25.4 Å². The summed E-state index contributed by atoms with van der Waals surface area (Å²) in [5, 5.41) is 8.76. The van der Waals surface area contributed by atoms with Crippen molar-refractivity contribution in [3.63, 3.8) is 0 Å². The number of rotatable bonds is 7. The molecular formula is C27H25FN4O4S. The molecule has 0 radical (unpaired) electrons. The van der Waals surface area contributed by atoms with Crippen LogP contribution in [-0.4, -0.2) is 42.1 Å². The smallest absolute Gasteiger partial charge is 0.254 e. The quantitative estimate of drug-likeness (QED) is 0.408. The Kier molecular flexibility index (Phi) is 8.09. The van der Waals surface area contributed by atoms with Crippen molar-refractivity contribution in [2.45, 2.75) is 18.9 Å². The van der Waals surface area contributed by atoms with E-state index in [2.05, 4.69) is 20.9 Å². The Bertz CT molecular complexity index is 1410. The van der Waals surface area contributed by atoms with Gasteiger partial charge in [-0.3, -0.25) is 14.6 Å². The van der Waals surface area contributed by atoms with Crippen LogP contribution in [-0.2, 0) is 11.2 Å². The Morgan fingerprint density at radius 3 is 2.65 bits per heavy atom. The zero-order chi connectivity index (χ0) is 26.4. The fraction of sp³-hybridized carbons (Fsp3) is 0.185. The van der Waals surface area contributed by atoms with Crippen LogP contribution in [0.1, 0.15) is 22.3 Å². The van der Waals surface area contributed by atoms with Gasteiger partial charge >= 0.3 is 0 Å². The number of benzene rings is 2. The first-order chi connectivity index (χ1) is 17.9. The predicted molar refractivity (Wildman–Crippen MR) is 142 cm³/mol. The van der Waals surface area contributed by atoms with Crippen LogP contribution in [0, 0.1) is 0 Å². The van der Waals surface area contributed by atoms with Crippen molar-refractivity contribution in [3.05, 3.63) is 89.6 Å². The first-order valence-electron chi connectivity index (χ1n) is 11.5. The van der Waals surface area contributed by atoms with Gasteiger partial charge in [-0.1, -0.05) is 30.3 Å². The Hall–Kier alpha value is -4.31. The Balaban J connectivity index is 1.42. The topological polar surface area (TPSA) is 102 Å². The number of allylic oxidation sites excluding steroid dienone is 1. The molecule has 10 heteroatoms. The van der Waals surface area contributed by atoms with Crippen molar-refractivity contribution in [2.24, 2.45) is 0 Å². The van der Waals surface area contributed by atoms with E-state index in [1.165, 1.54) is 26.4 Å². The number of ether oxygens (including phenoxy) is 2. The second-order valence-corrected chi connectivity index (χ2v) is 8.58. The molecule has 0 aliphatic heterocycles. The number of pyridine rings is 1. The summed E-state index contributed by atoms with van der Waals surface area (Å²) in [6, 6.07) is 13.6. The maximum atomic E-state index is 15.0. The van der Waals surface area contributed by atoms with Crippen molar-refractivity contribution in [3.8, 4) is 11.5 Å². The minimum absolute atomic E-state index is 0.0295. The standard InChI is InChI=1S/C27H25FN4O4S/c1-29-26(34)19-14-18-21(15-24(19)35-2)30-11-10-22(18)36-23-9-8-17(13-20(23)28)31-27(37)32-25(33)12-16-6-4-3-5-7-16/h3-7,9-11,13-15,17H,8,12H2,1-2H3,(H,29,34)(H2,31,32,33,37). The lowest BCUT2D eigenvalue weighted by molar-refractivity contribution is -0.119. The fourth-order valence-electron chi connectivity index (χ4n) is 3.84. The first-order valence-corrected chi connectivity index (χ1v) is 11.9. The summed E-state index contributed by atoms with van der Waals surface area (Å²) in [6.07, 6.45) is 5.02. The Morgan fingerprint density at radius 2 is 1.95 bits per heavy atom. The molecule has 4 rings (SSSR count). The molecule has 0 saturated heterocycles. The van der Waals surface area contributed by atoms with E-state index >= 15 is 0 Å². The molecule has 0 saturated carbocycles. The van der Waals surface area contributed by atoms with Crippen LogP contribution in [0.2, 0.25) is 0 Å². The van der Waals surface area contributed by atoms with Gasteiger partial charge in [0.25, 0.3) is 5.91 Å². The van der Waals surface area contributed by atoms with Gasteiger partial charge in [0.05, 0.1) is 30.7 Å². The van der Waals surface area contributed by atoms with Crippen molar-refractivity contribution in [1.82, 2.24) is 20.9 Å². The molecule has 3 N–H and O–H groups in total. The van der Waals surface area contributed by atoms with E-state index in [1.807, 2.05) is 30.3 Å². The number of carbonyl (C=O) groups excluding carboxylic acids is 2. The van der Waals surface area contributed by atoms with Gasteiger partial charge in [0, 0.05) is 24.7 Å². The average Bonchev–Trinajstić information content (AvgIpc) is 2.89. The van der Waals surface area contributed by atoms with E-state index in [-0.39, 0.29) is 29.1 Å². The molecule has 1 heterocycles. The highest BCUT2D eigenvalue weighted by Crippen LogP contribution is 2.33. The number of aromatic nitrogens is 1. The van der Waals surface area contributed by atoms with Crippen LogP contribution in [0.3, 0.4) is 0 Å². The number of carbonyl (C=O) groups is 2. The lowest BCUT2D eigenvalue weighted by Gasteiger charge is -2.21. The van der Waals surface area contributed by atoms with Crippen molar-refractivity contribution >= 4 is 40.0 Å². The van der Waals surface area contributed by atoms with Gasteiger partial charge in [-0.25, -0.2) is 4.39 Å². The largest absolute Gasteiger partial charge is 0.496 e. The monoisotopic (exact) mass is 520 g/mol. The van der Waals surface area contributed by atoms with Crippen LogP contribution in [0.15, 0.2) is 78.5 Å². The molecule has 8 nitrogen and oxygen atoms in total. The Labute approximate surface area is 218 Å². The maximum Gasteiger partial charge on any atom is 0.254 e. The van der Waals surface area contributed by atoms with Crippen molar-refractivity contribution in [2.75, 3.05) is 14.2 Å². The third-order valence-corrected chi connectivity index (χ3v) is 5.85. The van der Waals surface area contributed by atoms with E-state index in [9.17, 15) is 14.0 Å². The summed E-state index contributed by atoms with van der Waals surface area (Å²) in [5.41, 5.74) is 1.69. The molecule has 1 atom stereocenters. The number of nitrogens with zero attached hydrogens (tertiary/aromatic N) is 1. The molecule has 1 aliphatic rings. The van der Waals surface area contributed by atoms with Crippen LogP contribution < -0.4 is 25.4 Å². The number of halogens is 1. The second-order valence-electron chi connectivity index (χ2n) is 8.17. The normalized spacial score (nSPS) is 14.7. The highest BCUT2D eigenvalue weighted by molar-refractivity contribution is 7.80. The van der Waals surface area contributed by atoms with Gasteiger partial charge in [-0.2, -0.15) is 0 Å². The van der Waals surface area contributed by atoms with Crippen LogP contribution in [0.25, 0.3) is 10.9 Å². The lowest BCUT2D eigenvalue weighted by atomic mass is 10.1. The van der Waals surface area contributed by atoms with Crippen LogP contribution in [0.4, 0.5) is 4.39 Å². The first kappa shape index (κ1) is 25.8. The van der Waals surface area contributed by atoms with E-state index < -0.39 is 11.9 Å². The van der Waals surface area contributed by atoms with E-state index in [0.717, 1.165) is 5.56 Å². The minimum atomic E-state index is -0.591. The van der Waals surface area contributed by atoms with Gasteiger partial charge in [0.1, 0.15) is 11.5 Å². The summed E-state index contributed by atoms with van der Waals surface area (Å²) in [4.78, 5) is 28.8. The second kappa shape index (κ2) is 11.6. The zero-order valence-electron chi connectivity index (χ0n) is 20.2. The maximum absolute atomic E-state index is 15.0. The third kappa shape index (κ3) is 6.28. The summed E-state index contributed by atoms with van der Waals surface area (Å²) in [6.45, 7) is 0. The number of nitrogens with one attached hydrogen (secondary N) is 3. The van der Waals surface area contributed by atoms with Crippen LogP contribution in [0.5, 0.6) is 11.5 Å². The minimum Gasteiger partial charge on any atom is -0.496 e. The number of thiocarbonyl (C=S) groups is 1. The van der Waals surface area contributed by atoms with Crippen molar-refractivity contribution in [1.29, 1.82) is 0 Å². The van der Waals surface area contributed by atoms with Gasteiger partial charge in [-0.05, 0) is 48.5 Å². The molecule has 2 amide bonds. The number of fused-ring (bicyclic) bond motifs is 1. The fourth-order valence-corrected chi connectivity index (χ4v) is 4.11. The SMILES string of the molecule is CNC(=O)c1cc2c(OC3=CCC(NC(=S)NC(=O)Cc4ccccc4)C=C3F)ccnc2cc1OC. The summed E-state index contributed by atoms with van der Waals surface area (Å²) in [7, 11) is 2.98. The van der Waals surface area contributed by atoms with Gasteiger partial charge in [-0.15, -0.1) is 0 Å². The molecule has 1 unspecified atom stereocenters. The van der Waals surface area contributed by atoms with Gasteiger partial charge in [0.2, 0.25) is 5.91 Å². The molecule has 0 bridgehead atoms. The number of amides is 2. The molecule has 190 valence electrons. The lowest BCUT2D eigenvalue weighted by Crippen LogP contribution is -2.44. The van der Waals surface area contributed by atoms with E-state index in [0.29, 0.717) is 34.4 Å². The molecular weight excluding hydrogens is 495 g/mol. The Morgan fingerprint density at radius 1 is 1.16 bits per heavy atom. The highest BCUT2D eigenvalue weighted by Gasteiger charge is 2.21. The number of hydrogen-bond donors (Lipinski definition) is 3. The number of methoxy groups -OCH3 is 1. The van der Waals surface area contributed by atoms with Crippen LogP contribution >= 0.6 is 12.2 Å². The summed E-state index contributed by atoms with van der Waals surface area (Å²) < 4.78 is 26.2. The average molecular weight is 521 g/mol. The molecule has 1 aromatic heterocycles. The molecule has 3 aromatic rings. The van der Waals surface area contributed by atoms with Gasteiger partial charge in [0.15, 0.2) is 16.7 Å². The molecule has 2 aromatic carbocycles. The number of hydrogen-bond acceptors (Lipinski definition) is 6. The molecule has 1 aliphatic carbocycles. The van der Waals surface area contributed by atoms with E-state index in [1.54, 1.807) is 24.3 Å².